The smallest absolute Gasteiger partial charge is 0.276 e. The van der Waals surface area contributed by atoms with Crippen molar-refractivity contribution < 1.29 is 17.9 Å². The van der Waals surface area contributed by atoms with E-state index in [-0.39, 0.29) is 25.3 Å². The first kappa shape index (κ1) is 18.2. The summed E-state index contributed by atoms with van der Waals surface area (Å²) in [4.78, 5) is 12.8. The highest BCUT2D eigenvalue weighted by molar-refractivity contribution is 7.86. The van der Waals surface area contributed by atoms with Gasteiger partial charge in [0.15, 0.2) is 5.78 Å². The van der Waals surface area contributed by atoms with E-state index in [9.17, 15) is 13.2 Å². The number of nitrogens with zero attached hydrogens (tertiary/aromatic N) is 1. The molecule has 27 heavy (non-hydrogen) atoms. The summed E-state index contributed by atoms with van der Waals surface area (Å²) in [6.07, 6.45) is 1.17. The number of rotatable bonds is 2. The van der Waals surface area contributed by atoms with Gasteiger partial charge in [-0.1, -0.05) is 35.9 Å². The summed E-state index contributed by atoms with van der Waals surface area (Å²) < 4.78 is 30.5. The molecule has 7 heteroatoms. The van der Waals surface area contributed by atoms with Gasteiger partial charge in [-0.05, 0) is 30.2 Å². The lowest BCUT2D eigenvalue weighted by Gasteiger charge is -2.43. The molecule has 2 heterocycles. The van der Waals surface area contributed by atoms with Crippen LogP contribution in [0.2, 0.25) is 0 Å². The molecule has 2 N–H and O–H groups in total. The van der Waals surface area contributed by atoms with Crippen LogP contribution in [0, 0.1) is 6.92 Å². The fraction of sp³-hybridized carbons (Fsp3) is 0.350. The molecule has 0 radical (unpaired) electrons. The normalized spacial score (nSPS) is 19.6. The number of benzene rings is 2. The SMILES string of the molecule is Cc1ccc(-c2ccc3c(c2)C(=O)CC2(CCN(S(N)(=O)=O)CC2)O3)cc1. The van der Waals surface area contributed by atoms with Crippen LogP contribution in [-0.2, 0) is 10.2 Å². The summed E-state index contributed by atoms with van der Waals surface area (Å²) in [6, 6.07) is 13.8. The number of hydrogen-bond acceptors (Lipinski definition) is 4. The van der Waals surface area contributed by atoms with Crippen LogP contribution < -0.4 is 9.88 Å². The third-order valence-electron chi connectivity index (χ3n) is 5.47. The first-order chi connectivity index (χ1) is 12.8. The van der Waals surface area contributed by atoms with Gasteiger partial charge in [-0.15, -0.1) is 0 Å². The van der Waals surface area contributed by atoms with Crippen LogP contribution in [0.1, 0.15) is 35.2 Å². The maximum absolute atomic E-state index is 12.8. The summed E-state index contributed by atoms with van der Waals surface area (Å²) in [7, 11) is -3.70. The molecule has 2 aliphatic heterocycles. The van der Waals surface area contributed by atoms with Crippen molar-refractivity contribution in [2.75, 3.05) is 13.1 Å². The number of nitrogens with two attached hydrogens (primary N) is 1. The molecular formula is C20H22N2O4S. The molecule has 6 nitrogen and oxygen atoms in total. The average Bonchev–Trinajstić information content (AvgIpc) is 2.62. The van der Waals surface area contributed by atoms with Crippen molar-refractivity contribution in [1.82, 2.24) is 4.31 Å². The average molecular weight is 386 g/mol. The van der Waals surface area contributed by atoms with Crippen LogP contribution in [-0.4, -0.2) is 37.2 Å². The summed E-state index contributed by atoms with van der Waals surface area (Å²) in [5.74, 6) is 0.612. The zero-order valence-corrected chi connectivity index (χ0v) is 16.0. The molecule has 0 atom stereocenters. The van der Waals surface area contributed by atoms with E-state index in [0.29, 0.717) is 24.2 Å². The molecule has 0 unspecified atom stereocenters. The van der Waals surface area contributed by atoms with Crippen molar-refractivity contribution in [3.05, 3.63) is 53.6 Å². The van der Waals surface area contributed by atoms with Crippen molar-refractivity contribution in [1.29, 1.82) is 0 Å². The van der Waals surface area contributed by atoms with Gasteiger partial charge >= 0.3 is 0 Å². The van der Waals surface area contributed by atoms with E-state index < -0.39 is 15.8 Å². The Balaban J connectivity index is 1.59. The lowest BCUT2D eigenvalue weighted by molar-refractivity contribution is 0.00594. The molecule has 0 bridgehead atoms. The second-order valence-corrected chi connectivity index (χ2v) is 8.95. The van der Waals surface area contributed by atoms with E-state index in [2.05, 4.69) is 0 Å². The molecule has 1 spiro atoms. The molecular weight excluding hydrogens is 364 g/mol. The number of aryl methyl sites for hydroxylation is 1. The minimum atomic E-state index is -3.70. The molecule has 0 saturated carbocycles. The minimum absolute atomic E-state index is 0.0364. The number of carbonyl (C=O) groups excluding carboxylic acids is 1. The highest BCUT2D eigenvalue weighted by atomic mass is 32.2. The number of ether oxygens (including phenoxy) is 1. The Kier molecular flexibility index (Phi) is 4.33. The Labute approximate surface area is 159 Å². The third kappa shape index (κ3) is 3.50. The Bertz CT molecular complexity index is 991. The van der Waals surface area contributed by atoms with Crippen molar-refractivity contribution in [2.45, 2.75) is 31.8 Å². The van der Waals surface area contributed by atoms with Gasteiger partial charge in [0.05, 0.1) is 12.0 Å². The van der Waals surface area contributed by atoms with E-state index in [0.717, 1.165) is 11.1 Å². The quantitative estimate of drug-likeness (QED) is 0.859. The van der Waals surface area contributed by atoms with Crippen LogP contribution in [0.5, 0.6) is 5.75 Å². The standard InChI is InChI=1S/C20H22N2O4S/c1-14-2-4-15(5-3-14)16-6-7-19-17(12-16)18(23)13-20(26-19)8-10-22(11-9-20)27(21,24)25/h2-7,12H,8-11,13H2,1H3,(H2,21,24,25). The van der Waals surface area contributed by atoms with Crippen LogP contribution in [0.25, 0.3) is 11.1 Å². The first-order valence-corrected chi connectivity index (χ1v) is 10.5. The second-order valence-electron chi connectivity index (χ2n) is 7.41. The van der Waals surface area contributed by atoms with Crippen LogP contribution in [0.4, 0.5) is 0 Å². The van der Waals surface area contributed by atoms with Gasteiger partial charge in [-0.25, -0.2) is 5.14 Å². The van der Waals surface area contributed by atoms with Crippen molar-refractivity contribution in [2.24, 2.45) is 5.14 Å². The third-order valence-corrected chi connectivity index (χ3v) is 6.55. The summed E-state index contributed by atoms with van der Waals surface area (Å²) >= 11 is 0. The van der Waals surface area contributed by atoms with E-state index in [1.54, 1.807) is 0 Å². The van der Waals surface area contributed by atoms with Gasteiger partial charge in [0, 0.05) is 25.9 Å². The Morgan fingerprint density at radius 2 is 1.67 bits per heavy atom. The Hall–Kier alpha value is -2.22. The van der Waals surface area contributed by atoms with Crippen molar-refractivity contribution >= 4 is 16.0 Å². The van der Waals surface area contributed by atoms with Crippen LogP contribution in [0.15, 0.2) is 42.5 Å². The predicted octanol–water partition coefficient (Wildman–Crippen LogP) is 2.67. The van der Waals surface area contributed by atoms with E-state index in [1.807, 2.05) is 49.4 Å². The minimum Gasteiger partial charge on any atom is -0.486 e. The number of ketones is 1. The maximum atomic E-state index is 12.8. The zero-order valence-electron chi connectivity index (χ0n) is 15.1. The Morgan fingerprint density at radius 1 is 1.04 bits per heavy atom. The van der Waals surface area contributed by atoms with Gasteiger partial charge < -0.3 is 4.74 Å². The molecule has 2 aromatic carbocycles. The van der Waals surface area contributed by atoms with Crippen LogP contribution >= 0.6 is 0 Å². The topological polar surface area (TPSA) is 89.7 Å². The number of hydrogen-bond donors (Lipinski definition) is 1. The number of piperidine rings is 1. The van der Waals surface area contributed by atoms with Gasteiger partial charge in [0.1, 0.15) is 11.4 Å². The lowest BCUT2D eigenvalue weighted by Crippen LogP contribution is -2.53. The molecule has 1 saturated heterocycles. The molecule has 1 fully saturated rings. The van der Waals surface area contributed by atoms with E-state index in [4.69, 9.17) is 9.88 Å². The molecule has 0 aliphatic carbocycles. The van der Waals surface area contributed by atoms with Gasteiger partial charge in [0.25, 0.3) is 10.2 Å². The molecule has 0 aromatic heterocycles. The fourth-order valence-electron chi connectivity index (χ4n) is 3.85. The maximum Gasteiger partial charge on any atom is 0.276 e. The number of fused-ring (bicyclic) bond motifs is 1. The number of carbonyl (C=O) groups is 1. The highest BCUT2D eigenvalue weighted by Gasteiger charge is 2.44. The van der Waals surface area contributed by atoms with E-state index in [1.165, 1.54) is 9.87 Å². The van der Waals surface area contributed by atoms with Crippen molar-refractivity contribution in [3.8, 4) is 16.9 Å². The van der Waals surface area contributed by atoms with Gasteiger partial charge in [-0.3, -0.25) is 4.79 Å². The fourth-order valence-corrected chi connectivity index (χ4v) is 4.54. The molecule has 142 valence electrons. The second kappa shape index (κ2) is 6.44. The van der Waals surface area contributed by atoms with Crippen molar-refractivity contribution in [3.63, 3.8) is 0 Å². The largest absolute Gasteiger partial charge is 0.486 e. The summed E-state index contributed by atoms with van der Waals surface area (Å²) in [5, 5.41) is 5.20. The monoisotopic (exact) mass is 386 g/mol. The summed E-state index contributed by atoms with van der Waals surface area (Å²) in [6.45, 7) is 2.57. The first-order valence-electron chi connectivity index (χ1n) is 8.97. The lowest BCUT2D eigenvalue weighted by atomic mass is 9.82. The number of Topliss-reactive ketones (excluding diaryl/α,β-unsaturated/α-hetero) is 1. The highest BCUT2D eigenvalue weighted by Crippen LogP contribution is 2.41. The molecule has 2 aliphatic rings. The predicted molar refractivity (Wildman–Crippen MR) is 103 cm³/mol. The van der Waals surface area contributed by atoms with Gasteiger partial charge in [-0.2, -0.15) is 12.7 Å². The molecule has 2 aromatic rings. The van der Waals surface area contributed by atoms with Crippen LogP contribution in [0.3, 0.4) is 0 Å². The Morgan fingerprint density at radius 3 is 2.30 bits per heavy atom. The van der Waals surface area contributed by atoms with Gasteiger partial charge in [0.2, 0.25) is 0 Å². The zero-order chi connectivity index (χ0) is 19.2. The summed E-state index contributed by atoms with van der Waals surface area (Å²) in [5.41, 5.74) is 3.16. The van der Waals surface area contributed by atoms with E-state index >= 15 is 0 Å². The molecule has 4 rings (SSSR count). The molecule has 0 amide bonds.